The number of hydrogen-bond acceptors (Lipinski definition) is 4. The zero-order chi connectivity index (χ0) is 26.9. The predicted molar refractivity (Wildman–Crippen MR) is 160 cm³/mol. The molecule has 2 N–H and O–H groups in total. The summed E-state index contributed by atoms with van der Waals surface area (Å²) in [5.74, 6) is 0.606. The number of hydrogen-bond donors (Lipinski definition) is 1. The van der Waals surface area contributed by atoms with Crippen molar-refractivity contribution in [2.45, 2.75) is 31.4 Å². The molecule has 1 fully saturated rings. The quantitative estimate of drug-likeness (QED) is 0.234. The van der Waals surface area contributed by atoms with Gasteiger partial charge in [0.15, 0.2) is 0 Å². The van der Waals surface area contributed by atoms with Crippen LogP contribution < -0.4 is 10.5 Å². The molecule has 0 aliphatic heterocycles. The molecule has 1 saturated carbocycles. The number of nitrogens with zero attached hydrogens (tertiary/aromatic N) is 3. The Bertz CT molecular complexity index is 1770. The summed E-state index contributed by atoms with van der Waals surface area (Å²) < 4.78 is 8.36. The first-order chi connectivity index (χ1) is 19.7. The van der Waals surface area contributed by atoms with E-state index in [1.165, 1.54) is 12.0 Å². The molecule has 0 unspecified atom stereocenters. The van der Waals surface area contributed by atoms with Crippen molar-refractivity contribution in [2.75, 3.05) is 0 Å². The first-order valence-corrected chi connectivity index (χ1v) is 13.8. The van der Waals surface area contributed by atoms with E-state index in [0.717, 1.165) is 57.7 Å². The van der Waals surface area contributed by atoms with Gasteiger partial charge in [-0.25, -0.2) is 9.97 Å². The molecule has 196 valence electrons. The molecule has 40 heavy (non-hydrogen) atoms. The summed E-state index contributed by atoms with van der Waals surface area (Å²) in [4.78, 5) is 9.67. The molecule has 3 aromatic carbocycles. The summed E-state index contributed by atoms with van der Waals surface area (Å²) in [7, 11) is 0. The van der Waals surface area contributed by atoms with Crippen LogP contribution >= 0.6 is 0 Å². The molecule has 5 heteroatoms. The third-order valence-corrected chi connectivity index (χ3v) is 7.95. The van der Waals surface area contributed by atoms with Crippen molar-refractivity contribution in [1.82, 2.24) is 14.4 Å². The molecule has 7 rings (SSSR count). The van der Waals surface area contributed by atoms with E-state index < -0.39 is 0 Å². The minimum atomic E-state index is -0.182. The summed E-state index contributed by atoms with van der Waals surface area (Å²) in [6, 6.07) is 37.4. The van der Waals surface area contributed by atoms with Crippen LogP contribution in [0.3, 0.4) is 0 Å². The van der Waals surface area contributed by atoms with E-state index >= 15 is 0 Å². The molecular formula is C35H30N4O. The normalized spacial score (nSPS) is 14.1. The van der Waals surface area contributed by atoms with Gasteiger partial charge in [0.1, 0.15) is 12.3 Å². The number of nitrogens with two attached hydrogens (primary N) is 1. The van der Waals surface area contributed by atoms with Gasteiger partial charge in [0.05, 0.1) is 11.4 Å². The molecule has 1 aliphatic rings. The van der Waals surface area contributed by atoms with E-state index in [-0.39, 0.29) is 5.54 Å². The summed E-state index contributed by atoms with van der Waals surface area (Å²) >= 11 is 0. The summed E-state index contributed by atoms with van der Waals surface area (Å²) in [5.41, 5.74) is 15.7. The van der Waals surface area contributed by atoms with Crippen LogP contribution in [0, 0.1) is 0 Å². The Balaban J connectivity index is 1.31. The van der Waals surface area contributed by atoms with Crippen LogP contribution in [0.5, 0.6) is 5.88 Å². The Morgan fingerprint density at radius 2 is 1.48 bits per heavy atom. The Hall–Kier alpha value is -4.74. The molecule has 0 atom stereocenters. The van der Waals surface area contributed by atoms with Crippen molar-refractivity contribution in [3.63, 3.8) is 0 Å². The predicted octanol–water partition coefficient (Wildman–Crippen LogP) is 7.65. The van der Waals surface area contributed by atoms with Crippen LogP contribution in [0.15, 0.2) is 122 Å². The molecule has 0 saturated heterocycles. The maximum atomic E-state index is 6.60. The van der Waals surface area contributed by atoms with Gasteiger partial charge in [-0.2, -0.15) is 0 Å². The van der Waals surface area contributed by atoms with E-state index in [4.69, 9.17) is 15.5 Å². The smallest absolute Gasteiger partial charge is 0.221 e. The second-order valence-corrected chi connectivity index (χ2v) is 10.5. The summed E-state index contributed by atoms with van der Waals surface area (Å²) in [5, 5.41) is 0. The summed E-state index contributed by atoms with van der Waals surface area (Å²) in [6.07, 6.45) is 7.19. The molecule has 0 amide bonds. The van der Waals surface area contributed by atoms with Gasteiger partial charge in [0, 0.05) is 40.2 Å². The zero-order valence-corrected chi connectivity index (χ0v) is 22.2. The molecule has 6 aromatic rings. The van der Waals surface area contributed by atoms with Crippen molar-refractivity contribution in [2.24, 2.45) is 5.73 Å². The SMILES string of the molecule is NC1(c2ccc(-c3nc4ccc(-c5cccnc5OCc5ccccc5)cn4c3-c3ccccc3)cc2)CCC1. The minimum Gasteiger partial charge on any atom is -0.472 e. The van der Waals surface area contributed by atoms with E-state index in [1.54, 1.807) is 6.20 Å². The van der Waals surface area contributed by atoms with Crippen LogP contribution in [0.4, 0.5) is 0 Å². The van der Waals surface area contributed by atoms with Crippen molar-refractivity contribution >= 4 is 5.65 Å². The molecule has 0 radical (unpaired) electrons. The van der Waals surface area contributed by atoms with Gasteiger partial charge >= 0.3 is 0 Å². The molecule has 3 aromatic heterocycles. The standard InChI is InChI=1S/C35H30N4O/c36-35(20-8-21-35)29-17-14-26(15-18-29)32-33(27-11-5-2-6-12-27)39-23-28(16-19-31(39)38-32)30-13-7-22-37-34(30)40-24-25-9-3-1-4-10-25/h1-7,9-19,22-23H,8,20-21,24,36H2. The van der Waals surface area contributed by atoms with Crippen LogP contribution in [-0.4, -0.2) is 14.4 Å². The van der Waals surface area contributed by atoms with Crippen LogP contribution in [0.25, 0.3) is 39.3 Å². The van der Waals surface area contributed by atoms with Crippen molar-refractivity contribution in [1.29, 1.82) is 0 Å². The van der Waals surface area contributed by atoms with Gasteiger partial charge in [-0.1, -0.05) is 84.9 Å². The average Bonchev–Trinajstić information content (AvgIpc) is 3.39. The van der Waals surface area contributed by atoms with Gasteiger partial charge in [-0.3, -0.25) is 4.40 Å². The van der Waals surface area contributed by atoms with E-state index in [2.05, 4.69) is 94.4 Å². The van der Waals surface area contributed by atoms with Crippen molar-refractivity contribution in [3.8, 4) is 39.5 Å². The fraction of sp³-hybridized carbons (Fsp3) is 0.143. The Morgan fingerprint density at radius 1 is 0.750 bits per heavy atom. The molecule has 0 bridgehead atoms. The third-order valence-electron chi connectivity index (χ3n) is 7.95. The lowest BCUT2D eigenvalue weighted by atomic mass is 9.72. The Morgan fingerprint density at radius 3 is 2.20 bits per heavy atom. The third kappa shape index (κ3) is 4.44. The first kappa shape index (κ1) is 24.3. The highest BCUT2D eigenvalue weighted by Gasteiger charge is 2.34. The van der Waals surface area contributed by atoms with Crippen molar-refractivity contribution < 1.29 is 4.74 Å². The maximum Gasteiger partial charge on any atom is 0.221 e. The first-order valence-electron chi connectivity index (χ1n) is 13.8. The molecule has 3 heterocycles. The van der Waals surface area contributed by atoms with E-state index in [1.807, 2.05) is 30.3 Å². The fourth-order valence-corrected chi connectivity index (χ4v) is 5.53. The number of aromatic nitrogens is 3. The Labute approximate surface area is 233 Å². The minimum absolute atomic E-state index is 0.182. The highest BCUT2D eigenvalue weighted by Crippen LogP contribution is 2.40. The highest BCUT2D eigenvalue weighted by atomic mass is 16.5. The lowest BCUT2D eigenvalue weighted by molar-refractivity contribution is 0.253. The lowest BCUT2D eigenvalue weighted by Gasteiger charge is -2.38. The van der Waals surface area contributed by atoms with Crippen LogP contribution in [-0.2, 0) is 12.1 Å². The number of pyridine rings is 2. The largest absolute Gasteiger partial charge is 0.472 e. The van der Waals surface area contributed by atoms with Crippen LogP contribution in [0.1, 0.15) is 30.4 Å². The van der Waals surface area contributed by atoms with Crippen molar-refractivity contribution in [3.05, 3.63) is 133 Å². The fourth-order valence-electron chi connectivity index (χ4n) is 5.53. The highest BCUT2D eigenvalue weighted by molar-refractivity contribution is 5.83. The topological polar surface area (TPSA) is 65.4 Å². The number of benzene rings is 3. The molecular weight excluding hydrogens is 492 g/mol. The number of fused-ring (bicyclic) bond motifs is 1. The number of rotatable bonds is 7. The maximum absolute atomic E-state index is 6.60. The van der Waals surface area contributed by atoms with Gasteiger partial charge in [-0.15, -0.1) is 0 Å². The van der Waals surface area contributed by atoms with Crippen LogP contribution in [0.2, 0.25) is 0 Å². The Kier molecular flexibility index (Phi) is 6.14. The molecule has 5 nitrogen and oxygen atoms in total. The lowest BCUT2D eigenvalue weighted by Crippen LogP contribution is -2.43. The van der Waals surface area contributed by atoms with E-state index in [9.17, 15) is 0 Å². The zero-order valence-electron chi connectivity index (χ0n) is 22.2. The van der Waals surface area contributed by atoms with Gasteiger partial charge in [-0.05, 0) is 54.7 Å². The molecule has 1 aliphatic carbocycles. The second kappa shape index (κ2) is 10.1. The monoisotopic (exact) mass is 522 g/mol. The number of ether oxygens (including phenoxy) is 1. The second-order valence-electron chi connectivity index (χ2n) is 10.5. The van der Waals surface area contributed by atoms with Gasteiger partial charge in [0.25, 0.3) is 0 Å². The molecule has 0 spiro atoms. The summed E-state index contributed by atoms with van der Waals surface area (Å²) in [6.45, 7) is 0.456. The average molecular weight is 523 g/mol. The van der Waals surface area contributed by atoms with Gasteiger partial charge < -0.3 is 10.5 Å². The van der Waals surface area contributed by atoms with E-state index in [0.29, 0.717) is 12.5 Å². The number of imidazole rings is 1. The van der Waals surface area contributed by atoms with Gasteiger partial charge in [0.2, 0.25) is 5.88 Å².